The zero-order valence-electron chi connectivity index (χ0n) is 17.4. The second-order valence-corrected chi connectivity index (χ2v) is 9.07. The molecule has 3 aromatic rings. The molecule has 0 bridgehead atoms. The molecule has 0 radical (unpaired) electrons. The maximum absolute atomic E-state index is 15.3. The number of aryl methyl sites for hydroxylation is 1. The highest BCUT2D eigenvalue weighted by Crippen LogP contribution is 2.38. The van der Waals surface area contributed by atoms with Gasteiger partial charge in [0.05, 0.1) is 42.8 Å². The fourth-order valence-electron chi connectivity index (χ4n) is 4.50. The lowest BCUT2D eigenvalue weighted by Gasteiger charge is -2.39. The van der Waals surface area contributed by atoms with Crippen LogP contribution in [0.1, 0.15) is 17.9 Å². The molecule has 0 spiro atoms. The third-order valence-electron chi connectivity index (χ3n) is 6.27. The molecule has 5 rings (SSSR count). The van der Waals surface area contributed by atoms with Crippen molar-refractivity contribution in [1.29, 1.82) is 0 Å². The lowest BCUT2D eigenvalue weighted by Crippen LogP contribution is -2.50. The van der Waals surface area contributed by atoms with E-state index >= 15 is 4.39 Å². The maximum atomic E-state index is 15.3. The number of hydrogen-bond acceptors (Lipinski definition) is 7. The molecule has 2 fully saturated rings. The minimum Gasteiger partial charge on any atom is -0.389 e. The number of anilines is 2. The summed E-state index contributed by atoms with van der Waals surface area (Å²) in [4.78, 5) is 10.9. The Kier molecular flexibility index (Phi) is 5.94. The number of piperidine rings is 1. The van der Waals surface area contributed by atoms with E-state index < -0.39 is 12.3 Å². The van der Waals surface area contributed by atoms with E-state index in [9.17, 15) is 5.11 Å². The van der Waals surface area contributed by atoms with E-state index in [1.807, 2.05) is 11.0 Å². The highest BCUT2D eigenvalue weighted by molar-refractivity contribution is 6.32. The van der Waals surface area contributed by atoms with Crippen LogP contribution in [0.4, 0.5) is 16.0 Å². The van der Waals surface area contributed by atoms with E-state index in [4.69, 9.17) is 27.9 Å². The van der Waals surface area contributed by atoms with Gasteiger partial charge in [0.1, 0.15) is 11.3 Å². The summed E-state index contributed by atoms with van der Waals surface area (Å²) >= 11 is 12.7. The Bertz CT molecular complexity index is 1140. The molecular weight excluding hydrogens is 458 g/mol. The number of likely N-dealkylation sites (tertiary alicyclic amines) is 1. The molecule has 11 heteroatoms. The molecule has 32 heavy (non-hydrogen) atoms. The maximum Gasteiger partial charge on any atom is 0.227 e. The number of nitrogens with one attached hydrogen (secondary N) is 1. The van der Waals surface area contributed by atoms with Crippen LogP contribution in [-0.2, 0) is 11.8 Å². The average Bonchev–Trinajstić information content (AvgIpc) is 3.34. The largest absolute Gasteiger partial charge is 0.389 e. The Balaban J connectivity index is 1.39. The molecule has 2 aliphatic heterocycles. The highest BCUT2D eigenvalue weighted by atomic mass is 35.5. The zero-order valence-corrected chi connectivity index (χ0v) is 18.9. The highest BCUT2D eigenvalue weighted by Gasteiger charge is 2.39. The molecule has 0 aliphatic carbocycles. The van der Waals surface area contributed by atoms with Crippen molar-refractivity contribution in [3.05, 3.63) is 40.3 Å². The number of aromatic nitrogens is 4. The zero-order chi connectivity index (χ0) is 22.4. The second kappa shape index (κ2) is 8.72. The van der Waals surface area contributed by atoms with E-state index in [-0.39, 0.29) is 18.5 Å². The molecule has 1 aromatic carbocycles. The van der Waals surface area contributed by atoms with Crippen molar-refractivity contribution in [1.82, 2.24) is 24.6 Å². The standard InChI is InChI=1S/C21H23Cl2FN6O2/c1-29-20(23)17(7-26-29)28-21-25-6-11-4-14(22)13(5-16(11)27-21)12-2-3-30(8-15(12)24)18-9-32-10-19(18)31/h4-7,12,15,18-19,31H,2-3,8-10H2,1H3,(H,25,27,28)/t12-,15+,18-,19+/m0/s1. The number of ether oxygens (including phenoxy) is 1. The van der Waals surface area contributed by atoms with E-state index in [1.54, 1.807) is 25.5 Å². The Morgan fingerprint density at radius 1 is 1.25 bits per heavy atom. The van der Waals surface area contributed by atoms with Gasteiger partial charge in [0.15, 0.2) is 0 Å². The summed E-state index contributed by atoms with van der Waals surface area (Å²) in [6.07, 6.45) is 2.18. The average molecular weight is 481 g/mol. The van der Waals surface area contributed by atoms with Gasteiger partial charge in [-0.2, -0.15) is 5.10 Å². The fraction of sp³-hybridized carbons (Fsp3) is 0.476. The number of benzene rings is 1. The fourth-order valence-corrected chi connectivity index (χ4v) is 4.95. The van der Waals surface area contributed by atoms with Gasteiger partial charge in [-0.1, -0.05) is 23.2 Å². The Hall–Kier alpha value is -2.04. The molecule has 0 unspecified atom stereocenters. The van der Waals surface area contributed by atoms with Crippen LogP contribution < -0.4 is 5.32 Å². The number of nitrogens with zero attached hydrogens (tertiary/aromatic N) is 5. The van der Waals surface area contributed by atoms with Crippen molar-refractivity contribution < 1.29 is 14.2 Å². The third-order valence-corrected chi connectivity index (χ3v) is 7.05. The first-order valence-electron chi connectivity index (χ1n) is 10.5. The smallest absolute Gasteiger partial charge is 0.227 e. The van der Waals surface area contributed by atoms with Crippen molar-refractivity contribution in [2.75, 3.05) is 31.6 Å². The number of alkyl halides is 1. The second-order valence-electron chi connectivity index (χ2n) is 8.30. The Morgan fingerprint density at radius 2 is 2.09 bits per heavy atom. The molecule has 2 aliphatic rings. The van der Waals surface area contributed by atoms with Gasteiger partial charge in [-0.15, -0.1) is 0 Å². The van der Waals surface area contributed by atoms with Gasteiger partial charge in [0.25, 0.3) is 0 Å². The van der Waals surface area contributed by atoms with Crippen LogP contribution in [-0.4, -0.2) is 74.4 Å². The molecule has 0 amide bonds. The summed E-state index contributed by atoms with van der Waals surface area (Å²) in [7, 11) is 1.74. The summed E-state index contributed by atoms with van der Waals surface area (Å²) in [5.41, 5.74) is 1.99. The van der Waals surface area contributed by atoms with Gasteiger partial charge in [-0.05, 0) is 30.7 Å². The first-order valence-corrected chi connectivity index (χ1v) is 11.2. The van der Waals surface area contributed by atoms with Gasteiger partial charge >= 0.3 is 0 Å². The number of rotatable bonds is 4. The summed E-state index contributed by atoms with van der Waals surface area (Å²) in [6.45, 7) is 1.64. The van der Waals surface area contributed by atoms with E-state index in [1.165, 1.54) is 4.68 Å². The molecular formula is C21H23Cl2FN6O2. The van der Waals surface area contributed by atoms with Gasteiger partial charge in [-0.25, -0.2) is 14.4 Å². The monoisotopic (exact) mass is 480 g/mol. The summed E-state index contributed by atoms with van der Waals surface area (Å²) < 4.78 is 22.1. The van der Waals surface area contributed by atoms with E-state index in [2.05, 4.69) is 20.4 Å². The SMILES string of the molecule is Cn1ncc(Nc2ncc3cc(Cl)c([C@@H]4CCN([C@H]5COC[C@H]5O)C[C@H]4F)cc3n2)c1Cl. The van der Waals surface area contributed by atoms with Gasteiger partial charge in [0, 0.05) is 36.1 Å². The summed E-state index contributed by atoms with van der Waals surface area (Å²) in [6, 6.07) is 3.47. The number of halogens is 3. The molecule has 8 nitrogen and oxygen atoms in total. The summed E-state index contributed by atoms with van der Waals surface area (Å²) in [5, 5.41) is 18.9. The van der Waals surface area contributed by atoms with E-state index in [0.29, 0.717) is 53.5 Å². The number of hydrogen-bond donors (Lipinski definition) is 2. The predicted molar refractivity (Wildman–Crippen MR) is 120 cm³/mol. The normalized spacial score (nSPS) is 26.7. The predicted octanol–water partition coefficient (Wildman–Crippen LogP) is 3.30. The molecule has 2 saturated heterocycles. The van der Waals surface area contributed by atoms with E-state index in [0.717, 1.165) is 10.9 Å². The molecule has 4 atom stereocenters. The molecule has 2 N–H and O–H groups in total. The first kappa shape index (κ1) is 21.8. The van der Waals surface area contributed by atoms with Crippen LogP contribution >= 0.6 is 23.2 Å². The van der Waals surface area contributed by atoms with Gasteiger partial charge in [0.2, 0.25) is 5.95 Å². The van der Waals surface area contributed by atoms with Crippen molar-refractivity contribution in [3.63, 3.8) is 0 Å². The number of aliphatic hydroxyl groups excluding tert-OH is 1. The lowest BCUT2D eigenvalue weighted by atomic mass is 9.86. The van der Waals surface area contributed by atoms with Crippen molar-refractivity contribution >= 4 is 45.7 Å². The van der Waals surface area contributed by atoms with Crippen molar-refractivity contribution in [2.45, 2.75) is 30.7 Å². The minimum absolute atomic E-state index is 0.151. The Morgan fingerprint density at radius 3 is 2.78 bits per heavy atom. The minimum atomic E-state index is -1.11. The van der Waals surface area contributed by atoms with Crippen LogP contribution in [0.5, 0.6) is 0 Å². The molecule has 170 valence electrons. The quantitative estimate of drug-likeness (QED) is 0.591. The molecule has 4 heterocycles. The van der Waals surface area contributed by atoms with Crippen molar-refractivity contribution in [2.24, 2.45) is 7.05 Å². The lowest BCUT2D eigenvalue weighted by molar-refractivity contribution is 0.0353. The van der Waals surface area contributed by atoms with Crippen LogP contribution in [0.2, 0.25) is 10.2 Å². The van der Waals surface area contributed by atoms with Crippen LogP contribution in [0, 0.1) is 0 Å². The number of aliphatic hydroxyl groups is 1. The van der Waals surface area contributed by atoms with Crippen LogP contribution in [0.3, 0.4) is 0 Å². The third kappa shape index (κ3) is 4.04. The Labute approximate surface area is 194 Å². The van der Waals surface area contributed by atoms with Gasteiger partial charge < -0.3 is 15.2 Å². The summed E-state index contributed by atoms with van der Waals surface area (Å²) in [5.74, 6) is 0.0178. The van der Waals surface area contributed by atoms with Crippen LogP contribution in [0.25, 0.3) is 10.9 Å². The topological polar surface area (TPSA) is 88.3 Å². The first-order chi connectivity index (χ1) is 15.4. The number of fused-ring (bicyclic) bond motifs is 1. The van der Waals surface area contributed by atoms with Gasteiger partial charge in [-0.3, -0.25) is 9.58 Å². The van der Waals surface area contributed by atoms with Crippen molar-refractivity contribution in [3.8, 4) is 0 Å². The molecule has 0 saturated carbocycles. The molecule has 2 aromatic heterocycles. The van der Waals surface area contributed by atoms with Crippen LogP contribution in [0.15, 0.2) is 24.5 Å².